The molecular formula is C19H22F3N3O3S. The number of fused-ring (bicyclic) bond motifs is 1. The molecule has 0 unspecified atom stereocenters. The van der Waals surface area contributed by atoms with Crippen LogP contribution in [0.1, 0.15) is 32.9 Å². The summed E-state index contributed by atoms with van der Waals surface area (Å²) in [5, 5.41) is 3.28. The fourth-order valence-corrected chi connectivity index (χ4v) is 4.02. The standard InChI is InChI=1S/C18H18F3N3O3S.CH4/c1-3-4-9-28(25,26)17-11-16-22-14(12-5-7-13(27-2)8-6-12)10-15(18(19,20)21)24(16)23-17;/h5-8,10-11H,3-4,9H2,1-2H3;1H4. The van der Waals surface area contributed by atoms with Crippen LogP contribution in [0, 0.1) is 0 Å². The number of nitrogens with zero attached hydrogens (tertiary/aromatic N) is 3. The van der Waals surface area contributed by atoms with Crippen molar-refractivity contribution >= 4 is 15.5 Å². The fourth-order valence-electron chi connectivity index (χ4n) is 2.66. The summed E-state index contributed by atoms with van der Waals surface area (Å²) in [6.45, 7) is 1.82. The predicted molar refractivity (Wildman–Crippen MR) is 104 cm³/mol. The van der Waals surface area contributed by atoms with E-state index in [1.54, 1.807) is 24.3 Å². The van der Waals surface area contributed by atoms with Gasteiger partial charge in [-0.1, -0.05) is 20.8 Å². The Kier molecular flexibility index (Phi) is 6.56. The molecule has 29 heavy (non-hydrogen) atoms. The molecule has 0 amide bonds. The van der Waals surface area contributed by atoms with Gasteiger partial charge >= 0.3 is 6.18 Å². The first-order valence-corrected chi connectivity index (χ1v) is 10.2. The first-order valence-electron chi connectivity index (χ1n) is 8.51. The molecule has 0 saturated carbocycles. The van der Waals surface area contributed by atoms with Crippen LogP contribution in [-0.2, 0) is 16.0 Å². The Morgan fingerprint density at radius 1 is 1.14 bits per heavy atom. The molecule has 0 aliphatic carbocycles. The zero-order chi connectivity index (χ0) is 20.5. The van der Waals surface area contributed by atoms with Gasteiger partial charge in [-0.3, -0.25) is 0 Å². The molecule has 0 saturated heterocycles. The highest BCUT2D eigenvalue weighted by Gasteiger charge is 2.36. The van der Waals surface area contributed by atoms with E-state index in [-0.39, 0.29) is 24.5 Å². The number of hydrogen-bond acceptors (Lipinski definition) is 5. The highest BCUT2D eigenvalue weighted by Crippen LogP contribution is 2.33. The molecule has 3 rings (SSSR count). The fraction of sp³-hybridized carbons (Fsp3) is 0.368. The van der Waals surface area contributed by atoms with Crippen molar-refractivity contribution in [1.82, 2.24) is 14.6 Å². The molecule has 2 heterocycles. The molecule has 0 atom stereocenters. The molecule has 0 bridgehead atoms. The SMILES string of the molecule is C.CCCCS(=O)(=O)c1cc2nc(-c3ccc(OC)cc3)cc(C(F)(F)F)n2n1. The predicted octanol–water partition coefficient (Wildman–Crippen LogP) is 4.63. The molecule has 0 aliphatic heterocycles. The number of halogens is 3. The lowest BCUT2D eigenvalue weighted by atomic mass is 10.1. The van der Waals surface area contributed by atoms with Crippen molar-refractivity contribution in [2.45, 2.75) is 38.4 Å². The zero-order valence-electron chi connectivity index (χ0n) is 15.2. The quantitative estimate of drug-likeness (QED) is 0.571. The maximum Gasteiger partial charge on any atom is 0.433 e. The van der Waals surface area contributed by atoms with Crippen molar-refractivity contribution in [3.8, 4) is 17.0 Å². The van der Waals surface area contributed by atoms with Crippen LogP contribution in [0.3, 0.4) is 0 Å². The average Bonchev–Trinajstić information content (AvgIpc) is 3.10. The number of unbranched alkanes of at least 4 members (excludes halogenated alkanes) is 1. The summed E-state index contributed by atoms with van der Waals surface area (Å²) in [6, 6.07) is 8.29. The molecule has 0 spiro atoms. The molecule has 0 radical (unpaired) electrons. The van der Waals surface area contributed by atoms with Gasteiger partial charge in [0.25, 0.3) is 0 Å². The maximum absolute atomic E-state index is 13.6. The van der Waals surface area contributed by atoms with E-state index in [4.69, 9.17) is 4.74 Å². The minimum atomic E-state index is -4.74. The van der Waals surface area contributed by atoms with Crippen molar-refractivity contribution in [1.29, 1.82) is 0 Å². The molecule has 10 heteroatoms. The third kappa shape index (κ3) is 4.69. The molecule has 0 fully saturated rings. The van der Waals surface area contributed by atoms with E-state index in [0.717, 1.165) is 12.1 Å². The number of aromatic nitrogens is 3. The Morgan fingerprint density at radius 3 is 2.34 bits per heavy atom. The molecule has 3 aromatic rings. The lowest BCUT2D eigenvalue weighted by molar-refractivity contribution is -0.142. The van der Waals surface area contributed by atoms with Crippen molar-refractivity contribution in [3.05, 3.63) is 42.1 Å². The number of rotatable bonds is 6. The Hall–Kier alpha value is -2.62. The van der Waals surface area contributed by atoms with Crippen molar-refractivity contribution in [3.63, 3.8) is 0 Å². The number of benzene rings is 1. The summed E-state index contributed by atoms with van der Waals surface area (Å²) < 4.78 is 71.0. The number of hydrogen-bond donors (Lipinski definition) is 0. The maximum atomic E-state index is 13.6. The summed E-state index contributed by atoms with van der Waals surface area (Å²) in [4.78, 5) is 4.18. The largest absolute Gasteiger partial charge is 0.497 e. The third-order valence-electron chi connectivity index (χ3n) is 4.17. The molecule has 1 aromatic carbocycles. The van der Waals surface area contributed by atoms with E-state index < -0.39 is 26.7 Å². The highest BCUT2D eigenvalue weighted by molar-refractivity contribution is 7.91. The number of methoxy groups -OCH3 is 1. The Bertz CT molecular complexity index is 1090. The van der Waals surface area contributed by atoms with Gasteiger partial charge in [-0.15, -0.1) is 0 Å². The third-order valence-corrected chi connectivity index (χ3v) is 5.83. The van der Waals surface area contributed by atoms with Gasteiger partial charge < -0.3 is 4.74 Å². The zero-order valence-corrected chi connectivity index (χ0v) is 16.0. The van der Waals surface area contributed by atoms with E-state index in [1.165, 1.54) is 7.11 Å². The van der Waals surface area contributed by atoms with Crippen LogP contribution in [0.15, 0.2) is 41.4 Å². The first-order chi connectivity index (χ1) is 13.2. The normalized spacial score (nSPS) is 12.0. The Morgan fingerprint density at radius 2 is 1.79 bits per heavy atom. The second-order valence-electron chi connectivity index (χ2n) is 6.18. The summed E-state index contributed by atoms with van der Waals surface area (Å²) in [6.07, 6.45) is -3.70. The van der Waals surface area contributed by atoms with E-state index in [0.29, 0.717) is 28.7 Å². The Balaban J connectivity index is 0.00000300. The van der Waals surface area contributed by atoms with E-state index in [9.17, 15) is 21.6 Å². The summed E-state index contributed by atoms with van der Waals surface area (Å²) in [5.41, 5.74) is -0.791. The van der Waals surface area contributed by atoms with Crippen LogP contribution >= 0.6 is 0 Å². The second-order valence-corrected chi connectivity index (χ2v) is 8.23. The van der Waals surface area contributed by atoms with Crippen LogP contribution in [0.2, 0.25) is 0 Å². The molecule has 2 aromatic heterocycles. The van der Waals surface area contributed by atoms with Crippen molar-refractivity contribution in [2.75, 3.05) is 12.9 Å². The van der Waals surface area contributed by atoms with Crippen molar-refractivity contribution < 1.29 is 26.3 Å². The van der Waals surface area contributed by atoms with Gasteiger partial charge in [0.15, 0.2) is 26.2 Å². The van der Waals surface area contributed by atoms with Crippen LogP contribution in [-0.4, -0.2) is 35.9 Å². The van der Waals surface area contributed by atoms with Crippen LogP contribution in [0.4, 0.5) is 13.2 Å². The van der Waals surface area contributed by atoms with E-state index in [2.05, 4.69) is 10.1 Å². The van der Waals surface area contributed by atoms with E-state index >= 15 is 0 Å². The molecule has 6 nitrogen and oxygen atoms in total. The monoisotopic (exact) mass is 429 g/mol. The average molecular weight is 429 g/mol. The molecule has 0 N–H and O–H groups in total. The minimum Gasteiger partial charge on any atom is -0.497 e. The number of sulfone groups is 1. The van der Waals surface area contributed by atoms with Crippen LogP contribution in [0.5, 0.6) is 5.75 Å². The topological polar surface area (TPSA) is 73.6 Å². The second kappa shape index (κ2) is 8.40. The Labute approximate surface area is 167 Å². The molecule has 158 valence electrons. The van der Waals surface area contributed by atoms with Crippen LogP contribution < -0.4 is 4.74 Å². The van der Waals surface area contributed by atoms with Gasteiger partial charge in [-0.2, -0.15) is 18.3 Å². The van der Waals surface area contributed by atoms with Gasteiger partial charge in [0, 0.05) is 11.6 Å². The summed E-state index contributed by atoms with van der Waals surface area (Å²) in [5.74, 6) is 0.370. The van der Waals surface area contributed by atoms with Crippen LogP contribution in [0.25, 0.3) is 16.9 Å². The smallest absolute Gasteiger partial charge is 0.433 e. The molecular weight excluding hydrogens is 407 g/mol. The van der Waals surface area contributed by atoms with Crippen molar-refractivity contribution in [2.24, 2.45) is 0 Å². The van der Waals surface area contributed by atoms with Gasteiger partial charge in [0.05, 0.1) is 18.6 Å². The number of ether oxygens (including phenoxy) is 1. The minimum absolute atomic E-state index is 0. The van der Waals surface area contributed by atoms with Gasteiger partial charge in [-0.25, -0.2) is 17.9 Å². The van der Waals surface area contributed by atoms with E-state index in [1.807, 2.05) is 6.92 Å². The highest BCUT2D eigenvalue weighted by atomic mass is 32.2. The summed E-state index contributed by atoms with van der Waals surface area (Å²) >= 11 is 0. The lowest BCUT2D eigenvalue weighted by Gasteiger charge is -2.11. The molecule has 0 aliphatic rings. The van der Waals surface area contributed by atoms with Gasteiger partial charge in [0.1, 0.15) is 5.75 Å². The van der Waals surface area contributed by atoms with Gasteiger partial charge in [0.2, 0.25) is 0 Å². The van der Waals surface area contributed by atoms with Gasteiger partial charge in [-0.05, 0) is 36.8 Å². The summed E-state index contributed by atoms with van der Waals surface area (Å²) in [7, 11) is -2.31. The number of alkyl halides is 3. The first kappa shape index (κ1) is 22.7. The lowest BCUT2D eigenvalue weighted by Crippen LogP contribution is -2.14.